The topological polar surface area (TPSA) is 230 Å². The van der Waals surface area contributed by atoms with Crippen LogP contribution in [0.4, 0.5) is 11.4 Å². The molecule has 0 amide bonds. The van der Waals surface area contributed by atoms with E-state index in [9.17, 15) is 55.6 Å². The number of nitrogens with zero attached hydrogens (tertiary/aromatic N) is 2. The summed E-state index contributed by atoms with van der Waals surface area (Å²) in [6.07, 6.45) is 2.92. The van der Waals surface area contributed by atoms with Crippen LogP contribution in [0.5, 0.6) is 0 Å². The number of carbonyl (C=O) groups excluding carboxylic acids is 1. The van der Waals surface area contributed by atoms with Crippen molar-refractivity contribution in [3.63, 3.8) is 0 Å². The highest BCUT2D eigenvalue weighted by molar-refractivity contribution is 7.86. The number of hydrogen-bond acceptors (Lipinski definition) is 10. The molecule has 2 aliphatic heterocycles. The number of hydrogen-bond donors (Lipinski definition) is 4. The van der Waals surface area contributed by atoms with Gasteiger partial charge in [0.1, 0.15) is 0 Å². The lowest BCUT2D eigenvalue weighted by Gasteiger charge is -2.37. The molecular weight excluding hydrogens is 693 g/mol. The highest BCUT2D eigenvalue weighted by Gasteiger charge is 2.46. The van der Waals surface area contributed by atoms with Gasteiger partial charge in [0.25, 0.3) is 20.2 Å². The second-order valence-electron chi connectivity index (χ2n) is 13.7. The highest BCUT2D eigenvalue weighted by atomic mass is 32.2. The van der Waals surface area contributed by atoms with Gasteiger partial charge in [0.15, 0.2) is 5.78 Å². The molecule has 2 aromatic carbocycles. The summed E-state index contributed by atoms with van der Waals surface area (Å²) < 4.78 is 64.4. The number of benzene rings is 2. The number of allylic oxidation sites excluding steroid dienone is 4. The molecule has 0 bridgehead atoms. The van der Waals surface area contributed by atoms with Crippen molar-refractivity contribution in [2.45, 2.75) is 57.4 Å². The quantitative estimate of drug-likeness (QED) is 0.182. The number of aromatic carboxylic acids is 2. The van der Waals surface area contributed by atoms with E-state index < -0.39 is 72.1 Å². The lowest BCUT2D eigenvalue weighted by Crippen LogP contribution is -2.43. The molecule has 2 heterocycles. The second kappa shape index (κ2) is 12.7. The van der Waals surface area contributed by atoms with Gasteiger partial charge in [0, 0.05) is 52.1 Å². The van der Waals surface area contributed by atoms with Crippen molar-refractivity contribution in [3.05, 3.63) is 93.4 Å². The van der Waals surface area contributed by atoms with Gasteiger partial charge in [0.05, 0.1) is 28.7 Å². The molecule has 14 nitrogen and oxygen atoms in total. The van der Waals surface area contributed by atoms with Crippen molar-refractivity contribution in [2.75, 3.05) is 34.4 Å². The van der Waals surface area contributed by atoms with Crippen LogP contribution in [-0.4, -0.2) is 84.5 Å². The van der Waals surface area contributed by atoms with E-state index in [-0.39, 0.29) is 48.2 Å². The highest BCUT2D eigenvalue weighted by Crippen LogP contribution is 2.50. The van der Waals surface area contributed by atoms with Gasteiger partial charge in [-0.15, -0.1) is 0 Å². The molecule has 0 saturated heterocycles. The number of fused-ring (bicyclic) bond motifs is 2. The number of rotatable bonds is 12. The number of Topliss-reactive ketones (excluding diaryl/α,β-unsaturated/α-hetero) is 1. The molecule has 50 heavy (non-hydrogen) atoms. The van der Waals surface area contributed by atoms with Crippen LogP contribution in [0, 0.1) is 0 Å². The minimum absolute atomic E-state index is 0.00667. The molecule has 0 aromatic heterocycles. The first kappa shape index (κ1) is 36.8. The molecule has 268 valence electrons. The van der Waals surface area contributed by atoms with Crippen molar-refractivity contribution in [1.82, 2.24) is 0 Å². The van der Waals surface area contributed by atoms with E-state index in [2.05, 4.69) is 0 Å². The van der Waals surface area contributed by atoms with Crippen LogP contribution < -0.4 is 14.9 Å². The summed E-state index contributed by atoms with van der Waals surface area (Å²) >= 11 is 0. The Morgan fingerprint density at radius 2 is 1.36 bits per heavy atom. The molecule has 2 aromatic rings. The third-order valence-corrected chi connectivity index (χ3v) is 11.2. The summed E-state index contributed by atoms with van der Waals surface area (Å²) in [5.41, 5.74) is 0.792. The molecule has 0 fully saturated rings. The standard InChI is InChI=1S/C34H38N2O12S2/c1-33(2)23-15-19(31(39)40)7-9-25(23)35(11-5-13-49(43,44)45)27(33)17-21-29(37)22(30(21)38)18-28-34(3,4)24-16-20(32(41)42)8-10-26(24)36(28)12-6-14-50(46,47)48/h7-10,15-18,27,37H,5-6,11-14H2,1-4H3,(H,39,40)(H,41,42)(H,43,44,45)(H,46,47,48)/p-1/b21-17?,28-18+. The van der Waals surface area contributed by atoms with Crippen molar-refractivity contribution >= 4 is 49.3 Å². The van der Waals surface area contributed by atoms with E-state index in [1.165, 1.54) is 36.4 Å². The average Bonchev–Trinajstić information content (AvgIpc) is 3.34. The van der Waals surface area contributed by atoms with Crippen LogP contribution in [0.1, 0.15) is 72.4 Å². The maximum atomic E-state index is 13.7. The maximum absolute atomic E-state index is 13.7. The molecule has 1 atom stereocenters. The van der Waals surface area contributed by atoms with E-state index in [0.717, 1.165) is 0 Å². The molecule has 1 unspecified atom stereocenters. The zero-order chi connectivity index (χ0) is 37.1. The first-order chi connectivity index (χ1) is 23.0. The van der Waals surface area contributed by atoms with Gasteiger partial charge in [-0.05, 0) is 66.4 Å². The summed E-state index contributed by atoms with van der Waals surface area (Å²) in [5, 5.41) is 32.9. The van der Waals surface area contributed by atoms with Gasteiger partial charge in [-0.2, -0.15) is 16.8 Å². The molecular formula is C34H37N2O12S2-. The molecule has 3 aliphatic rings. The van der Waals surface area contributed by atoms with E-state index in [1.807, 2.05) is 13.8 Å². The number of anilines is 2. The van der Waals surface area contributed by atoms with E-state index in [4.69, 9.17) is 0 Å². The summed E-state index contributed by atoms with van der Waals surface area (Å²) in [6.45, 7) is 7.37. The lowest BCUT2D eigenvalue weighted by atomic mass is 9.76. The van der Waals surface area contributed by atoms with Crippen molar-refractivity contribution in [2.24, 2.45) is 0 Å². The number of carbonyl (C=O) groups is 3. The molecule has 5 rings (SSSR count). The summed E-state index contributed by atoms with van der Waals surface area (Å²) in [5.74, 6) is -4.54. The molecule has 4 N–H and O–H groups in total. The summed E-state index contributed by atoms with van der Waals surface area (Å²) in [7, 11) is -8.56. The Labute approximate surface area is 289 Å². The zero-order valence-corrected chi connectivity index (χ0v) is 29.3. The Hall–Kier alpha value is -4.51. The van der Waals surface area contributed by atoms with Crippen LogP contribution in [0.3, 0.4) is 0 Å². The van der Waals surface area contributed by atoms with Crippen LogP contribution in [-0.2, 0) is 35.9 Å². The Kier molecular flexibility index (Phi) is 9.32. The molecule has 1 aliphatic carbocycles. The van der Waals surface area contributed by atoms with Gasteiger partial charge < -0.3 is 25.1 Å². The van der Waals surface area contributed by atoms with Gasteiger partial charge in [0.2, 0.25) is 0 Å². The molecule has 0 radical (unpaired) electrons. The number of ketones is 1. The Morgan fingerprint density at radius 1 is 0.840 bits per heavy atom. The molecule has 16 heteroatoms. The largest absolute Gasteiger partial charge is 0.871 e. The van der Waals surface area contributed by atoms with Crippen LogP contribution in [0.25, 0.3) is 0 Å². The van der Waals surface area contributed by atoms with Crippen LogP contribution in [0.15, 0.2) is 71.2 Å². The van der Waals surface area contributed by atoms with E-state index in [0.29, 0.717) is 28.2 Å². The predicted octanol–water partition coefficient (Wildman–Crippen LogP) is 2.91. The Balaban J connectivity index is 1.56. The fourth-order valence-electron chi connectivity index (χ4n) is 7.03. The summed E-state index contributed by atoms with van der Waals surface area (Å²) in [4.78, 5) is 40.7. The van der Waals surface area contributed by atoms with Gasteiger partial charge in [-0.3, -0.25) is 13.9 Å². The zero-order valence-electron chi connectivity index (χ0n) is 27.7. The predicted molar refractivity (Wildman–Crippen MR) is 182 cm³/mol. The Bertz CT molecular complexity index is 2130. The van der Waals surface area contributed by atoms with E-state index >= 15 is 0 Å². The van der Waals surface area contributed by atoms with Gasteiger partial charge in [-0.25, -0.2) is 9.59 Å². The maximum Gasteiger partial charge on any atom is 0.335 e. The first-order valence-electron chi connectivity index (χ1n) is 15.6. The minimum atomic E-state index is -4.28. The second-order valence-corrected chi connectivity index (χ2v) is 16.8. The normalized spacial score (nSPS) is 21.1. The van der Waals surface area contributed by atoms with Crippen molar-refractivity contribution in [1.29, 1.82) is 0 Å². The van der Waals surface area contributed by atoms with Crippen LogP contribution >= 0.6 is 0 Å². The third kappa shape index (κ3) is 6.80. The van der Waals surface area contributed by atoms with Gasteiger partial charge >= 0.3 is 11.9 Å². The molecule has 0 saturated carbocycles. The van der Waals surface area contributed by atoms with Crippen LogP contribution in [0.2, 0.25) is 0 Å². The lowest BCUT2D eigenvalue weighted by molar-refractivity contribution is -0.300. The van der Waals surface area contributed by atoms with Crippen molar-refractivity contribution < 1.29 is 55.6 Å². The SMILES string of the molecule is CC1(C)/C(=C\C2=C([O-])C(=CC3N(CCCS(=O)(=O)O)c4ccc(C(=O)O)cc4C3(C)C)C2=O)N(CCCS(=O)(=O)O)c2ccc(C(=O)O)cc21. The third-order valence-electron chi connectivity index (χ3n) is 9.63. The van der Waals surface area contributed by atoms with Gasteiger partial charge in [-0.1, -0.05) is 39.5 Å². The minimum Gasteiger partial charge on any atom is -0.871 e. The number of carboxylic acid groups (broad SMARTS) is 2. The fraction of sp³-hybridized carbons (Fsp3) is 0.382. The fourth-order valence-corrected chi connectivity index (χ4v) is 8.02. The summed E-state index contributed by atoms with van der Waals surface area (Å²) in [6, 6.07) is 8.27. The monoisotopic (exact) mass is 729 g/mol. The van der Waals surface area contributed by atoms with E-state index in [1.54, 1.807) is 35.8 Å². The Morgan fingerprint density at radius 3 is 1.88 bits per heavy atom. The smallest absolute Gasteiger partial charge is 0.335 e. The first-order valence-corrected chi connectivity index (χ1v) is 18.9. The number of carboxylic acids is 2. The average molecular weight is 730 g/mol. The molecule has 0 spiro atoms. The van der Waals surface area contributed by atoms with Crippen molar-refractivity contribution in [3.8, 4) is 0 Å².